The summed E-state index contributed by atoms with van der Waals surface area (Å²) in [6.07, 6.45) is 1.30. The number of benzene rings is 1. The zero-order valence-corrected chi connectivity index (χ0v) is 12.6. The number of ether oxygens (including phenoxy) is 1. The van der Waals surface area contributed by atoms with Crippen molar-refractivity contribution in [1.29, 1.82) is 0 Å². The Morgan fingerprint density at radius 1 is 1.32 bits per heavy atom. The van der Waals surface area contributed by atoms with Gasteiger partial charge in [0.25, 0.3) is 0 Å². The summed E-state index contributed by atoms with van der Waals surface area (Å²) >= 11 is 0. The minimum atomic E-state index is 0.389. The number of nitrogens with zero attached hydrogens (tertiary/aromatic N) is 1. The fourth-order valence-corrected chi connectivity index (χ4v) is 2.84. The van der Waals surface area contributed by atoms with Gasteiger partial charge in [0.15, 0.2) is 0 Å². The molecule has 3 heteroatoms. The second kappa shape index (κ2) is 5.93. The van der Waals surface area contributed by atoms with Crippen molar-refractivity contribution in [3.05, 3.63) is 29.8 Å². The minimum absolute atomic E-state index is 0.389. The molecule has 0 saturated carbocycles. The quantitative estimate of drug-likeness (QED) is 0.883. The number of likely N-dealkylation sites (N-methyl/N-ethyl adjacent to an activating group) is 1. The van der Waals surface area contributed by atoms with Gasteiger partial charge in [-0.1, -0.05) is 26.0 Å². The molecule has 1 saturated heterocycles. The van der Waals surface area contributed by atoms with Gasteiger partial charge in [-0.25, -0.2) is 0 Å². The molecule has 0 aromatic heterocycles. The molecule has 1 aromatic carbocycles. The van der Waals surface area contributed by atoms with Gasteiger partial charge in [0.2, 0.25) is 0 Å². The van der Waals surface area contributed by atoms with Crippen LogP contribution < -0.4 is 10.1 Å². The maximum Gasteiger partial charge on any atom is 0.118 e. The molecule has 3 nitrogen and oxygen atoms in total. The molecule has 1 fully saturated rings. The van der Waals surface area contributed by atoms with E-state index in [4.69, 9.17) is 4.74 Å². The fourth-order valence-electron chi connectivity index (χ4n) is 2.84. The minimum Gasteiger partial charge on any atom is -0.497 e. The largest absolute Gasteiger partial charge is 0.497 e. The molecule has 1 aromatic rings. The van der Waals surface area contributed by atoms with Crippen molar-refractivity contribution in [2.24, 2.45) is 5.41 Å². The third-order valence-corrected chi connectivity index (χ3v) is 4.06. The average Bonchev–Trinajstić information content (AvgIpc) is 2.75. The van der Waals surface area contributed by atoms with E-state index in [1.54, 1.807) is 7.11 Å². The smallest absolute Gasteiger partial charge is 0.118 e. The van der Waals surface area contributed by atoms with E-state index in [-0.39, 0.29) is 0 Å². The standard InChI is InChI=1S/C16H26N2O/c1-16(2)9-10-18(12-16)11-15(17-3)13-5-7-14(19-4)8-6-13/h5-8,15,17H,9-12H2,1-4H3. The van der Waals surface area contributed by atoms with Crippen LogP contribution in [0.15, 0.2) is 24.3 Å². The lowest BCUT2D eigenvalue weighted by Crippen LogP contribution is -2.33. The van der Waals surface area contributed by atoms with Crippen LogP contribution in [-0.4, -0.2) is 38.7 Å². The lowest BCUT2D eigenvalue weighted by Gasteiger charge is -2.25. The Morgan fingerprint density at radius 3 is 2.47 bits per heavy atom. The number of likely N-dealkylation sites (tertiary alicyclic amines) is 1. The Labute approximate surface area is 116 Å². The zero-order chi connectivity index (χ0) is 13.9. The molecule has 0 bridgehead atoms. The Kier molecular flexibility index (Phi) is 4.48. The Bertz CT molecular complexity index is 400. The van der Waals surface area contributed by atoms with Crippen molar-refractivity contribution in [3.8, 4) is 5.75 Å². The SMILES string of the molecule is CNC(CN1CCC(C)(C)C1)c1ccc(OC)cc1. The van der Waals surface area contributed by atoms with Crippen LogP contribution in [0.1, 0.15) is 31.9 Å². The van der Waals surface area contributed by atoms with Crippen LogP contribution in [0.3, 0.4) is 0 Å². The van der Waals surface area contributed by atoms with E-state index in [9.17, 15) is 0 Å². The Balaban J connectivity index is 1.99. The van der Waals surface area contributed by atoms with E-state index >= 15 is 0 Å². The highest BCUT2D eigenvalue weighted by Gasteiger charge is 2.30. The van der Waals surface area contributed by atoms with Crippen LogP contribution in [0.5, 0.6) is 5.75 Å². The fraction of sp³-hybridized carbons (Fsp3) is 0.625. The first-order valence-electron chi connectivity index (χ1n) is 7.08. The maximum atomic E-state index is 5.21. The molecular formula is C16H26N2O. The predicted octanol–water partition coefficient (Wildman–Crippen LogP) is 2.69. The Hall–Kier alpha value is -1.06. The van der Waals surface area contributed by atoms with E-state index in [2.05, 4.69) is 36.2 Å². The molecule has 19 heavy (non-hydrogen) atoms. The summed E-state index contributed by atoms with van der Waals surface area (Å²) in [6, 6.07) is 8.77. The maximum absolute atomic E-state index is 5.21. The highest BCUT2D eigenvalue weighted by atomic mass is 16.5. The van der Waals surface area contributed by atoms with Crippen molar-refractivity contribution < 1.29 is 4.74 Å². The molecule has 1 N–H and O–H groups in total. The molecule has 0 amide bonds. The van der Waals surface area contributed by atoms with Gasteiger partial charge < -0.3 is 15.0 Å². The third kappa shape index (κ3) is 3.71. The topological polar surface area (TPSA) is 24.5 Å². The van der Waals surface area contributed by atoms with Crippen LogP contribution in [0.25, 0.3) is 0 Å². The van der Waals surface area contributed by atoms with E-state index in [0.29, 0.717) is 11.5 Å². The average molecular weight is 262 g/mol. The van der Waals surface area contributed by atoms with Crippen LogP contribution >= 0.6 is 0 Å². The van der Waals surface area contributed by atoms with Gasteiger partial charge in [0, 0.05) is 19.1 Å². The molecule has 0 radical (unpaired) electrons. The molecule has 0 spiro atoms. The number of methoxy groups -OCH3 is 1. The van der Waals surface area contributed by atoms with Crippen molar-refractivity contribution in [2.45, 2.75) is 26.3 Å². The molecule has 106 valence electrons. The molecule has 2 rings (SSSR count). The molecule has 1 aliphatic heterocycles. The summed E-state index contributed by atoms with van der Waals surface area (Å²) in [5.74, 6) is 0.918. The first-order chi connectivity index (χ1) is 9.04. The van der Waals surface area contributed by atoms with Crippen molar-refractivity contribution in [1.82, 2.24) is 10.2 Å². The summed E-state index contributed by atoms with van der Waals surface area (Å²) in [5, 5.41) is 3.43. The summed E-state index contributed by atoms with van der Waals surface area (Å²) in [5.41, 5.74) is 1.80. The van der Waals surface area contributed by atoms with Crippen LogP contribution in [0.4, 0.5) is 0 Å². The highest BCUT2D eigenvalue weighted by Crippen LogP contribution is 2.30. The molecular weight excluding hydrogens is 236 g/mol. The van der Waals surface area contributed by atoms with Gasteiger partial charge in [-0.3, -0.25) is 0 Å². The molecule has 1 atom stereocenters. The van der Waals surface area contributed by atoms with Gasteiger partial charge in [0.05, 0.1) is 7.11 Å². The molecule has 0 aliphatic carbocycles. The summed E-state index contributed by atoms with van der Waals surface area (Å²) < 4.78 is 5.21. The summed E-state index contributed by atoms with van der Waals surface area (Å²) in [4.78, 5) is 2.56. The second-order valence-corrected chi connectivity index (χ2v) is 6.26. The van der Waals surface area contributed by atoms with Crippen molar-refractivity contribution in [3.63, 3.8) is 0 Å². The van der Waals surface area contributed by atoms with E-state index < -0.39 is 0 Å². The molecule has 1 aliphatic rings. The van der Waals surface area contributed by atoms with E-state index in [1.807, 2.05) is 19.2 Å². The van der Waals surface area contributed by atoms with E-state index in [1.165, 1.54) is 25.1 Å². The lowest BCUT2D eigenvalue weighted by molar-refractivity contribution is 0.265. The predicted molar refractivity (Wildman–Crippen MR) is 79.6 cm³/mol. The normalized spacial score (nSPS) is 20.4. The first kappa shape index (κ1) is 14.4. The number of hydrogen-bond donors (Lipinski definition) is 1. The second-order valence-electron chi connectivity index (χ2n) is 6.26. The molecule has 1 heterocycles. The number of hydrogen-bond acceptors (Lipinski definition) is 3. The monoisotopic (exact) mass is 262 g/mol. The molecule has 1 unspecified atom stereocenters. The van der Waals surface area contributed by atoms with Crippen LogP contribution in [0, 0.1) is 5.41 Å². The first-order valence-corrected chi connectivity index (χ1v) is 7.08. The van der Waals surface area contributed by atoms with Crippen LogP contribution in [0.2, 0.25) is 0 Å². The summed E-state index contributed by atoms with van der Waals surface area (Å²) in [6.45, 7) is 8.19. The van der Waals surface area contributed by atoms with Gasteiger partial charge in [-0.15, -0.1) is 0 Å². The zero-order valence-electron chi connectivity index (χ0n) is 12.6. The Morgan fingerprint density at radius 2 is 2.00 bits per heavy atom. The lowest BCUT2D eigenvalue weighted by atomic mass is 9.93. The van der Waals surface area contributed by atoms with Crippen molar-refractivity contribution >= 4 is 0 Å². The van der Waals surface area contributed by atoms with Gasteiger partial charge >= 0.3 is 0 Å². The number of nitrogens with one attached hydrogen (secondary N) is 1. The van der Waals surface area contributed by atoms with Crippen molar-refractivity contribution in [2.75, 3.05) is 33.8 Å². The van der Waals surface area contributed by atoms with E-state index in [0.717, 1.165) is 12.3 Å². The highest BCUT2D eigenvalue weighted by molar-refractivity contribution is 5.29. The van der Waals surface area contributed by atoms with Gasteiger partial charge in [-0.05, 0) is 43.1 Å². The van der Waals surface area contributed by atoms with Gasteiger partial charge in [-0.2, -0.15) is 0 Å². The summed E-state index contributed by atoms with van der Waals surface area (Å²) in [7, 11) is 3.74. The van der Waals surface area contributed by atoms with Crippen LogP contribution in [-0.2, 0) is 0 Å². The third-order valence-electron chi connectivity index (χ3n) is 4.06. The number of rotatable bonds is 5. The van der Waals surface area contributed by atoms with Gasteiger partial charge in [0.1, 0.15) is 5.75 Å².